The molecule has 29 heavy (non-hydrogen) atoms. The van der Waals surface area contributed by atoms with Crippen LogP contribution in [0.15, 0.2) is 42.9 Å². The van der Waals surface area contributed by atoms with E-state index < -0.39 is 0 Å². The highest BCUT2D eigenvalue weighted by molar-refractivity contribution is 5.99. The van der Waals surface area contributed by atoms with Crippen molar-refractivity contribution >= 4 is 11.7 Å². The Kier molecular flexibility index (Phi) is 4.96. The van der Waals surface area contributed by atoms with Crippen LogP contribution in [0.4, 0.5) is 10.2 Å². The molecule has 4 rings (SSSR count). The fourth-order valence-electron chi connectivity index (χ4n) is 3.51. The van der Waals surface area contributed by atoms with Gasteiger partial charge in [0.25, 0.3) is 5.91 Å². The number of aromatic nitrogens is 3. The van der Waals surface area contributed by atoms with E-state index in [1.54, 1.807) is 48.6 Å². The molecule has 0 radical (unpaired) electrons. The number of benzene rings is 1. The molecule has 3 aromatic rings. The smallest absolute Gasteiger partial charge is 0.254 e. The van der Waals surface area contributed by atoms with E-state index in [9.17, 15) is 9.18 Å². The van der Waals surface area contributed by atoms with Crippen LogP contribution in [-0.4, -0.2) is 32.3 Å². The maximum Gasteiger partial charge on any atom is 0.254 e. The number of nitrogens with zero attached hydrogens (tertiary/aromatic N) is 4. The number of fused-ring (bicyclic) bond motifs is 1. The van der Waals surface area contributed by atoms with E-state index in [4.69, 9.17) is 0 Å². The molecule has 1 N–H and O–H groups in total. The summed E-state index contributed by atoms with van der Waals surface area (Å²) < 4.78 is 14.3. The Morgan fingerprint density at radius 3 is 2.66 bits per heavy atom. The highest BCUT2D eigenvalue weighted by Gasteiger charge is 2.29. The molecule has 3 heterocycles. The van der Waals surface area contributed by atoms with Crippen molar-refractivity contribution in [2.24, 2.45) is 0 Å². The number of nitrogens with one attached hydrogen (secondary N) is 1. The molecule has 0 bridgehead atoms. The maximum absolute atomic E-state index is 14.3. The van der Waals surface area contributed by atoms with Gasteiger partial charge in [0, 0.05) is 47.4 Å². The molecule has 1 amide bonds. The summed E-state index contributed by atoms with van der Waals surface area (Å²) in [6, 6.07) is 6.79. The zero-order valence-electron chi connectivity index (χ0n) is 16.6. The molecule has 148 valence electrons. The third-order valence-electron chi connectivity index (χ3n) is 5.22. The molecule has 1 aliphatic rings. The largest absolute Gasteiger partial charge is 0.360 e. The fourth-order valence-corrected chi connectivity index (χ4v) is 3.51. The van der Waals surface area contributed by atoms with Crippen molar-refractivity contribution in [3.05, 3.63) is 71.2 Å². The first-order valence-corrected chi connectivity index (χ1v) is 9.60. The summed E-state index contributed by atoms with van der Waals surface area (Å²) in [4.78, 5) is 27.4. The second-order valence-electron chi connectivity index (χ2n) is 7.14. The molecule has 7 heteroatoms. The molecule has 1 atom stereocenters. The Labute approximate surface area is 168 Å². The van der Waals surface area contributed by atoms with E-state index in [0.29, 0.717) is 47.0 Å². The molecule has 0 saturated heterocycles. The van der Waals surface area contributed by atoms with Gasteiger partial charge in [-0.2, -0.15) is 0 Å². The second kappa shape index (κ2) is 7.58. The van der Waals surface area contributed by atoms with Crippen molar-refractivity contribution in [2.75, 3.05) is 11.9 Å². The van der Waals surface area contributed by atoms with Crippen LogP contribution < -0.4 is 5.32 Å². The van der Waals surface area contributed by atoms with Gasteiger partial charge in [-0.15, -0.1) is 0 Å². The quantitative estimate of drug-likeness (QED) is 0.708. The zero-order valence-corrected chi connectivity index (χ0v) is 16.6. The predicted molar refractivity (Wildman–Crippen MR) is 109 cm³/mol. The summed E-state index contributed by atoms with van der Waals surface area (Å²) in [6.07, 6.45) is 4.89. The van der Waals surface area contributed by atoms with Crippen molar-refractivity contribution < 1.29 is 9.18 Å². The molecule has 1 unspecified atom stereocenters. The van der Waals surface area contributed by atoms with Gasteiger partial charge >= 0.3 is 0 Å². The lowest BCUT2D eigenvalue weighted by Crippen LogP contribution is -2.22. The second-order valence-corrected chi connectivity index (χ2v) is 7.14. The first-order valence-electron chi connectivity index (χ1n) is 9.60. The summed E-state index contributed by atoms with van der Waals surface area (Å²) in [5.74, 6) is 1.00. The minimum atomic E-state index is -0.260. The summed E-state index contributed by atoms with van der Waals surface area (Å²) in [5.41, 5.74) is 3.27. The SMILES string of the molecule is CCN1Cc2c(ccnc2NC(C)c2ncc(-c3cccc(C)c3F)cn2)C1=O. The molecular weight excluding hydrogens is 369 g/mol. The van der Waals surface area contributed by atoms with Gasteiger partial charge in [-0.25, -0.2) is 19.3 Å². The average molecular weight is 391 g/mol. The molecule has 0 fully saturated rings. The summed E-state index contributed by atoms with van der Waals surface area (Å²) in [7, 11) is 0. The Hall–Kier alpha value is -3.35. The van der Waals surface area contributed by atoms with E-state index in [-0.39, 0.29) is 17.8 Å². The molecule has 0 saturated carbocycles. The van der Waals surface area contributed by atoms with Crippen LogP contribution in [0, 0.1) is 12.7 Å². The first kappa shape index (κ1) is 19.0. The molecule has 0 spiro atoms. The van der Waals surface area contributed by atoms with Crippen LogP contribution in [0.3, 0.4) is 0 Å². The van der Waals surface area contributed by atoms with E-state index >= 15 is 0 Å². The molecule has 1 aliphatic heterocycles. The lowest BCUT2D eigenvalue weighted by molar-refractivity contribution is 0.0787. The molecular formula is C22H22FN5O. The number of carbonyl (C=O) groups is 1. The zero-order chi connectivity index (χ0) is 20.5. The number of pyridine rings is 1. The van der Waals surface area contributed by atoms with Gasteiger partial charge in [0.1, 0.15) is 17.5 Å². The Bertz CT molecular complexity index is 1070. The van der Waals surface area contributed by atoms with Crippen LogP contribution in [-0.2, 0) is 6.54 Å². The van der Waals surface area contributed by atoms with E-state index in [1.807, 2.05) is 19.9 Å². The van der Waals surface area contributed by atoms with Gasteiger partial charge in [-0.05, 0) is 32.4 Å². The number of aryl methyl sites for hydroxylation is 1. The Balaban J connectivity index is 1.56. The van der Waals surface area contributed by atoms with Crippen molar-refractivity contribution in [1.82, 2.24) is 19.9 Å². The fraction of sp³-hybridized carbons (Fsp3) is 0.273. The van der Waals surface area contributed by atoms with Gasteiger partial charge in [-0.1, -0.05) is 18.2 Å². The number of halogens is 1. The molecule has 2 aromatic heterocycles. The van der Waals surface area contributed by atoms with Gasteiger partial charge in [0.15, 0.2) is 0 Å². The number of hydrogen-bond donors (Lipinski definition) is 1. The van der Waals surface area contributed by atoms with Crippen LogP contribution in [0.1, 0.15) is 47.2 Å². The number of rotatable bonds is 5. The lowest BCUT2D eigenvalue weighted by atomic mass is 10.1. The minimum Gasteiger partial charge on any atom is -0.360 e. The molecule has 1 aromatic carbocycles. The number of carbonyl (C=O) groups excluding carboxylic acids is 1. The highest BCUT2D eigenvalue weighted by Crippen LogP contribution is 2.29. The van der Waals surface area contributed by atoms with Crippen LogP contribution >= 0.6 is 0 Å². The standard InChI is InChI=1S/C22H22FN5O/c1-4-28-12-18-17(22(28)29)8-9-24-21(18)27-14(3)20-25-10-15(11-26-20)16-7-5-6-13(2)19(16)23/h5-11,14H,4,12H2,1-3H3,(H,24,27). The normalized spacial score (nSPS) is 14.1. The molecule has 0 aliphatic carbocycles. The van der Waals surface area contributed by atoms with Crippen molar-refractivity contribution in [1.29, 1.82) is 0 Å². The average Bonchev–Trinajstić information content (AvgIpc) is 3.07. The summed E-state index contributed by atoms with van der Waals surface area (Å²) in [5, 5.41) is 3.31. The third kappa shape index (κ3) is 3.44. The van der Waals surface area contributed by atoms with Gasteiger partial charge in [0.05, 0.1) is 12.6 Å². The van der Waals surface area contributed by atoms with Crippen LogP contribution in [0.25, 0.3) is 11.1 Å². The lowest BCUT2D eigenvalue weighted by Gasteiger charge is -2.16. The third-order valence-corrected chi connectivity index (χ3v) is 5.22. The Morgan fingerprint density at radius 1 is 1.17 bits per heavy atom. The van der Waals surface area contributed by atoms with Crippen LogP contribution in [0.5, 0.6) is 0 Å². The van der Waals surface area contributed by atoms with Crippen molar-refractivity contribution in [3.63, 3.8) is 0 Å². The summed E-state index contributed by atoms with van der Waals surface area (Å²) in [6.45, 7) is 6.81. The van der Waals surface area contributed by atoms with Crippen molar-refractivity contribution in [2.45, 2.75) is 33.4 Å². The number of hydrogen-bond acceptors (Lipinski definition) is 5. The highest BCUT2D eigenvalue weighted by atomic mass is 19.1. The molecule has 6 nitrogen and oxygen atoms in total. The topological polar surface area (TPSA) is 71.0 Å². The minimum absolute atomic E-state index is 0.0291. The number of anilines is 1. The van der Waals surface area contributed by atoms with Crippen molar-refractivity contribution in [3.8, 4) is 11.1 Å². The van der Waals surface area contributed by atoms with E-state index in [2.05, 4.69) is 20.3 Å². The first-order chi connectivity index (χ1) is 14.0. The van der Waals surface area contributed by atoms with Gasteiger partial charge in [0.2, 0.25) is 0 Å². The Morgan fingerprint density at radius 2 is 1.93 bits per heavy atom. The predicted octanol–water partition coefficient (Wildman–Crippen LogP) is 4.13. The van der Waals surface area contributed by atoms with Gasteiger partial charge in [-0.3, -0.25) is 4.79 Å². The van der Waals surface area contributed by atoms with E-state index in [0.717, 1.165) is 5.56 Å². The number of amides is 1. The van der Waals surface area contributed by atoms with Crippen LogP contribution in [0.2, 0.25) is 0 Å². The maximum atomic E-state index is 14.3. The monoisotopic (exact) mass is 391 g/mol. The summed E-state index contributed by atoms with van der Waals surface area (Å²) >= 11 is 0. The van der Waals surface area contributed by atoms with E-state index in [1.165, 1.54) is 0 Å². The van der Waals surface area contributed by atoms with Gasteiger partial charge < -0.3 is 10.2 Å².